The molecule has 3 aromatic rings. The molecule has 1 fully saturated rings. The van der Waals surface area contributed by atoms with Crippen LogP contribution in [0.1, 0.15) is 27.9 Å². The van der Waals surface area contributed by atoms with E-state index >= 15 is 0 Å². The molecule has 28 heavy (non-hydrogen) atoms. The quantitative estimate of drug-likeness (QED) is 0.612. The van der Waals surface area contributed by atoms with Gasteiger partial charge in [0.2, 0.25) is 0 Å². The van der Waals surface area contributed by atoms with Crippen molar-refractivity contribution in [2.75, 3.05) is 20.2 Å². The summed E-state index contributed by atoms with van der Waals surface area (Å²) in [6, 6.07) is 11.4. The van der Waals surface area contributed by atoms with Gasteiger partial charge in [0.15, 0.2) is 11.6 Å². The molecule has 4 rings (SSSR count). The molecule has 0 amide bonds. The molecule has 144 valence electrons. The van der Waals surface area contributed by atoms with E-state index < -0.39 is 0 Å². The molecule has 0 aliphatic carbocycles. The molecule has 0 saturated carbocycles. The Labute approximate surface area is 164 Å². The lowest BCUT2D eigenvalue weighted by Crippen LogP contribution is -2.21. The monoisotopic (exact) mass is 377 g/mol. The molecule has 0 N–H and O–H groups in total. The maximum absolute atomic E-state index is 11.7. The second kappa shape index (κ2) is 8.35. The van der Waals surface area contributed by atoms with Crippen LogP contribution < -0.4 is 0 Å². The van der Waals surface area contributed by atoms with Crippen molar-refractivity contribution in [3.8, 4) is 11.6 Å². The van der Waals surface area contributed by atoms with Gasteiger partial charge in [0.25, 0.3) is 0 Å². The average molecular weight is 377 g/mol. The molecule has 6 nitrogen and oxygen atoms in total. The standard InChI is InChI=1S/C22H23N3O3/c1-27-22(26)19-5-2-4-16(11-19)10-17-7-8-25(14-17)15-18-12-23-21(24-13-18)20-6-3-9-28-20/h2-6,9,11-13,17H,7-8,10,14-15H2,1H3. The van der Waals surface area contributed by atoms with Gasteiger partial charge in [-0.2, -0.15) is 0 Å². The number of nitrogens with zero attached hydrogens (tertiary/aromatic N) is 3. The Hall–Kier alpha value is -2.99. The van der Waals surface area contributed by atoms with Crippen molar-refractivity contribution in [3.63, 3.8) is 0 Å². The van der Waals surface area contributed by atoms with Crippen LogP contribution in [0, 0.1) is 5.92 Å². The summed E-state index contributed by atoms with van der Waals surface area (Å²) in [6.07, 6.45) is 7.48. The first-order valence-corrected chi connectivity index (χ1v) is 9.45. The first-order valence-electron chi connectivity index (χ1n) is 9.45. The van der Waals surface area contributed by atoms with E-state index in [9.17, 15) is 4.79 Å². The highest BCUT2D eigenvalue weighted by Gasteiger charge is 2.23. The molecule has 3 heterocycles. The predicted molar refractivity (Wildman–Crippen MR) is 105 cm³/mol. The number of likely N-dealkylation sites (tertiary alicyclic amines) is 1. The molecule has 0 radical (unpaired) electrons. The molecular weight excluding hydrogens is 354 g/mol. The number of benzene rings is 1. The third-order valence-electron chi connectivity index (χ3n) is 5.10. The number of hydrogen-bond acceptors (Lipinski definition) is 6. The molecule has 1 aliphatic rings. The van der Waals surface area contributed by atoms with Gasteiger partial charge in [-0.25, -0.2) is 14.8 Å². The van der Waals surface area contributed by atoms with Crippen LogP contribution in [0.3, 0.4) is 0 Å². The number of furan rings is 1. The van der Waals surface area contributed by atoms with Crippen LogP contribution >= 0.6 is 0 Å². The summed E-state index contributed by atoms with van der Waals surface area (Å²) < 4.78 is 10.1. The normalized spacial score (nSPS) is 17.0. The topological polar surface area (TPSA) is 68.5 Å². The van der Waals surface area contributed by atoms with Crippen LogP contribution in [-0.2, 0) is 17.7 Å². The van der Waals surface area contributed by atoms with Crippen molar-refractivity contribution in [2.45, 2.75) is 19.4 Å². The lowest BCUT2D eigenvalue weighted by Gasteiger charge is -2.16. The van der Waals surface area contributed by atoms with Gasteiger partial charge in [0.1, 0.15) is 0 Å². The van der Waals surface area contributed by atoms with Gasteiger partial charge >= 0.3 is 5.97 Å². The zero-order chi connectivity index (χ0) is 19.3. The minimum atomic E-state index is -0.284. The van der Waals surface area contributed by atoms with Gasteiger partial charge in [0.05, 0.1) is 18.9 Å². The van der Waals surface area contributed by atoms with Gasteiger partial charge in [-0.1, -0.05) is 12.1 Å². The van der Waals surface area contributed by atoms with Crippen LogP contribution in [0.2, 0.25) is 0 Å². The van der Waals surface area contributed by atoms with Crippen molar-refractivity contribution >= 4 is 5.97 Å². The highest BCUT2D eigenvalue weighted by molar-refractivity contribution is 5.89. The number of methoxy groups -OCH3 is 1. The Morgan fingerprint density at radius 1 is 1.21 bits per heavy atom. The van der Waals surface area contributed by atoms with Crippen LogP contribution in [-0.4, -0.2) is 41.0 Å². The Kier molecular flexibility index (Phi) is 5.48. The van der Waals surface area contributed by atoms with Crippen molar-refractivity contribution in [3.05, 3.63) is 71.7 Å². The van der Waals surface area contributed by atoms with E-state index in [0.717, 1.165) is 38.0 Å². The number of rotatable bonds is 6. The van der Waals surface area contributed by atoms with Crippen LogP contribution in [0.25, 0.3) is 11.6 Å². The van der Waals surface area contributed by atoms with Crippen molar-refractivity contribution in [2.24, 2.45) is 5.92 Å². The van der Waals surface area contributed by atoms with Gasteiger partial charge in [-0.05, 0) is 55.1 Å². The Morgan fingerprint density at radius 3 is 2.82 bits per heavy atom. The Morgan fingerprint density at radius 2 is 2.07 bits per heavy atom. The van der Waals surface area contributed by atoms with Gasteiger partial charge in [-0.3, -0.25) is 4.90 Å². The van der Waals surface area contributed by atoms with Gasteiger partial charge < -0.3 is 9.15 Å². The predicted octanol–water partition coefficient (Wildman–Crippen LogP) is 3.59. The summed E-state index contributed by atoms with van der Waals surface area (Å²) in [5.74, 6) is 1.59. The zero-order valence-corrected chi connectivity index (χ0v) is 15.9. The summed E-state index contributed by atoms with van der Waals surface area (Å²) in [6.45, 7) is 2.93. The number of carbonyl (C=O) groups excluding carboxylic acids is 1. The number of hydrogen-bond donors (Lipinski definition) is 0. The van der Waals surface area contributed by atoms with E-state index in [1.165, 1.54) is 12.7 Å². The fraction of sp³-hybridized carbons (Fsp3) is 0.318. The minimum Gasteiger partial charge on any atom is -0.465 e. The molecule has 1 unspecified atom stereocenters. The summed E-state index contributed by atoms with van der Waals surface area (Å²) in [5.41, 5.74) is 2.90. The third-order valence-corrected chi connectivity index (χ3v) is 5.10. The molecule has 1 atom stereocenters. The van der Waals surface area contributed by atoms with E-state index in [4.69, 9.17) is 9.15 Å². The van der Waals surface area contributed by atoms with Crippen LogP contribution in [0.15, 0.2) is 59.5 Å². The second-order valence-electron chi connectivity index (χ2n) is 7.18. The molecule has 0 spiro atoms. The smallest absolute Gasteiger partial charge is 0.337 e. The van der Waals surface area contributed by atoms with Crippen LogP contribution in [0.4, 0.5) is 0 Å². The van der Waals surface area contributed by atoms with E-state index in [1.54, 1.807) is 12.3 Å². The van der Waals surface area contributed by atoms with E-state index in [0.29, 0.717) is 23.1 Å². The maximum atomic E-state index is 11.7. The molecular formula is C22H23N3O3. The number of ether oxygens (including phenoxy) is 1. The summed E-state index contributed by atoms with van der Waals surface area (Å²) in [7, 11) is 1.41. The highest BCUT2D eigenvalue weighted by atomic mass is 16.5. The van der Waals surface area contributed by atoms with Gasteiger partial charge in [0, 0.05) is 31.0 Å². The van der Waals surface area contributed by atoms with Crippen molar-refractivity contribution < 1.29 is 13.9 Å². The highest BCUT2D eigenvalue weighted by Crippen LogP contribution is 2.23. The lowest BCUT2D eigenvalue weighted by atomic mass is 9.97. The van der Waals surface area contributed by atoms with Crippen molar-refractivity contribution in [1.29, 1.82) is 0 Å². The summed E-state index contributed by atoms with van der Waals surface area (Å²) >= 11 is 0. The minimum absolute atomic E-state index is 0.284. The van der Waals surface area contributed by atoms with E-state index in [-0.39, 0.29) is 5.97 Å². The van der Waals surface area contributed by atoms with Crippen molar-refractivity contribution in [1.82, 2.24) is 14.9 Å². The van der Waals surface area contributed by atoms with E-state index in [2.05, 4.69) is 20.9 Å². The Bertz CT molecular complexity index is 922. The largest absolute Gasteiger partial charge is 0.465 e. The summed E-state index contributed by atoms with van der Waals surface area (Å²) in [4.78, 5) is 23.0. The van der Waals surface area contributed by atoms with Crippen LogP contribution in [0.5, 0.6) is 0 Å². The SMILES string of the molecule is COC(=O)c1cccc(CC2CCN(Cc3cnc(-c4ccco4)nc3)C2)c1. The molecule has 2 aromatic heterocycles. The first-order chi connectivity index (χ1) is 13.7. The molecule has 6 heteroatoms. The summed E-state index contributed by atoms with van der Waals surface area (Å²) in [5, 5.41) is 0. The number of aromatic nitrogens is 2. The maximum Gasteiger partial charge on any atom is 0.337 e. The average Bonchev–Trinajstić information content (AvgIpc) is 3.41. The fourth-order valence-corrected chi connectivity index (χ4v) is 3.73. The van der Waals surface area contributed by atoms with Gasteiger partial charge in [-0.15, -0.1) is 0 Å². The number of esters is 1. The fourth-order valence-electron chi connectivity index (χ4n) is 3.73. The molecule has 0 bridgehead atoms. The molecule has 1 saturated heterocycles. The second-order valence-corrected chi connectivity index (χ2v) is 7.18. The first kappa shape index (κ1) is 18.4. The molecule has 1 aromatic carbocycles. The third kappa shape index (κ3) is 4.28. The molecule has 1 aliphatic heterocycles. The Balaban J connectivity index is 1.32. The lowest BCUT2D eigenvalue weighted by molar-refractivity contribution is 0.0600. The van der Waals surface area contributed by atoms with E-state index in [1.807, 2.05) is 36.7 Å². The number of carbonyl (C=O) groups is 1. The zero-order valence-electron chi connectivity index (χ0n) is 15.9.